The van der Waals surface area contributed by atoms with Gasteiger partial charge in [-0.1, -0.05) is 89.8 Å². The average Bonchev–Trinajstić information content (AvgIpc) is 3.62. The van der Waals surface area contributed by atoms with Gasteiger partial charge >= 0.3 is 0 Å². The molecule has 2 aromatic carbocycles. The maximum atomic E-state index is 13.5. The number of carbonyl (C=O) groups is 2. The van der Waals surface area contributed by atoms with Gasteiger partial charge in [-0.15, -0.1) is 11.3 Å². The number of benzene rings is 2. The topological polar surface area (TPSA) is 137 Å². The molecule has 0 fully saturated rings. The van der Waals surface area contributed by atoms with Crippen molar-refractivity contribution in [3.05, 3.63) is 88.4 Å². The number of nitrogens with one attached hydrogen (secondary N) is 2. The molecule has 0 saturated heterocycles. The predicted octanol–water partition coefficient (Wildman–Crippen LogP) is 6.22. The predicted molar refractivity (Wildman–Crippen MR) is 204 cm³/mol. The van der Waals surface area contributed by atoms with E-state index >= 15 is 0 Å². The summed E-state index contributed by atoms with van der Waals surface area (Å²) < 4.78 is 5.90. The lowest BCUT2D eigenvalue weighted by molar-refractivity contribution is -0.129. The van der Waals surface area contributed by atoms with Crippen LogP contribution < -0.4 is 15.4 Å². The number of nitrogens with zero attached hydrogens (tertiary/aromatic N) is 3. The van der Waals surface area contributed by atoms with Crippen LogP contribution in [0.4, 0.5) is 0 Å². The van der Waals surface area contributed by atoms with Gasteiger partial charge in [-0.3, -0.25) is 9.59 Å². The third-order valence-corrected chi connectivity index (χ3v) is 9.96. The Hall–Kier alpha value is -4.16. The van der Waals surface area contributed by atoms with Crippen molar-refractivity contribution in [2.24, 2.45) is 0 Å². The second kappa shape index (κ2) is 18.9. The van der Waals surface area contributed by atoms with Gasteiger partial charge < -0.3 is 30.5 Å². The van der Waals surface area contributed by atoms with E-state index in [1.807, 2.05) is 54.6 Å². The van der Waals surface area contributed by atoms with Gasteiger partial charge in [0.25, 0.3) is 5.91 Å². The fourth-order valence-electron chi connectivity index (χ4n) is 5.48. The fraction of sp³-hybridized carbons (Fsp3) is 0.450. The van der Waals surface area contributed by atoms with E-state index in [0.29, 0.717) is 10.7 Å². The first kappa shape index (κ1) is 39.6. The molecule has 2 amide bonds. The van der Waals surface area contributed by atoms with E-state index in [-0.39, 0.29) is 24.3 Å². The SMILES string of the molecule is CCCCCCCOc1ccc(-c2cnc(-c3ccc(C[C@H](NC(=O)c4ccc(C(C)(C)C)s4)C(=O)NC(CN(C)C)C(O)O)cc3)nc2)cc1. The van der Waals surface area contributed by atoms with Crippen molar-refractivity contribution in [3.8, 4) is 28.3 Å². The minimum Gasteiger partial charge on any atom is -0.494 e. The molecule has 0 radical (unpaired) electrons. The second-order valence-electron chi connectivity index (χ2n) is 14.2. The number of unbranched alkanes of at least 4 members (excludes halogenated alkanes) is 4. The van der Waals surface area contributed by atoms with E-state index in [2.05, 4.69) is 48.3 Å². The smallest absolute Gasteiger partial charge is 0.262 e. The molecule has 4 aromatic rings. The number of rotatable bonds is 18. The van der Waals surface area contributed by atoms with Gasteiger partial charge in [-0.05, 0) is 61.3 Å². The fourth-order valence-corrected chi connectivity index (χ4v) is 6.45. The zero-order valence-electron chi connectivity index (χ0n) is 30.7. The molecule has 4 rings (SSSR count). The first-order valence-electron chi connectivity index (χ1n) is 17.7. The molecule has 2 atom stereocenters. The number of hydrogen-bond donors (Lipinski definition) is 4. The Balaban J connectivity index is 1.43. The van der Waals surface area contributed by atoms with Crippen LogP contribution in [0.15, 0.2) is 73.1 Å². The number of carbonyl (C=O) groups excluding carboxylic acids is 2. The third-order valence-electron chi connectivity index (χ3n) is 8.45. The molecular formula is C40H53N5O5S. The van der Waals surface area contributed by atoms with Crippen LogP contribution in [-0.2, 0) is 16.6 Å². The highest BCUT2D eigenvalue weighted by Crippen LogP contribution is 2.29. The number of hydrogen-bond acceptors (Lipinski definition) is 9. The molecule has 4 N–H and O–H groups in total. The first-order valence-corrected chi connectivity index (χ1v) is 18.5. The van der Waals surface area contributed by atoms with Crippen molar-refractivity contribution in [3.63, 3.8) is 0 Å². The summed E-state index contributed by atoms with van der Waals surface area (Å²) in [6.07, 6.45) is 8.02. The van der Waals surface area contributed by atoms with Crippen LogP contribution in [-0.4, -0.2) is 82.5 Å². The van der Waals surface area contributed by atoms with Crippen molar-refractivity contribution >= 4 is 23.2 Å². The van der Waals surface area contributed by atoms with Crippen LogP contribution in [0.1, 0.15) is 79.9 Å². The average molecular weight is 716 g/mol. The van der Waals surface area contributed by atoms with Gasteiger partial charge in [-0.2, -0.15) is 0 Å². The summed E-state index contributed by atoms with van der Waals surface area (Å²) in [7, 11) is 3.54. The van der Waals surface area contributed by atoms with E-state index in [0.717, 1.165) is 45.9 Å². The lowest BCUT2D eigenvalue weighted by atomic mass is 9.95. The quantitative estimate of drug-likeness (QED) is 0.0705. The summed E-state index contributed by atoms with van der Waals surface area (Å²) in [4.78, 5) is 39.4. The van der Waals surface area contributed by atoms with Gasteiger partial charge in [0.05, 0.1) is 17.5 Å². The van der Waals surface area contributed by atoms with Crippen LogP contribution in [0.2, 0.25) is 0 Å². The zero-order valence-corrected chi connectivity index (χ0v) is 31.5. The molecule has 1 unspecified atom stereocenters. The first-order chi connectivity index (χ1) is 24.3. The largest absolute Gasteiger partial charge is 0.494 e. The molecule has 0 bridgehead atoms. The Morgan fingerprint density at radius 1 is 0.843 bits per heavy atom. The molecule has 0 aliphatic heterocycles. The van der Waals surface area contributed by atoms with E-state index in [1.165, 1.54) is 37.0 Å². The summed E-state index contributed by atoms with van der Waals surface area (Å²) in [6.45, 7) is 9.38. The minimum absolute atomic E-state index is 0.115. The Bertz CT molecular complexity index is 1670. The highest BCUT2D eigenvalue weighted by molar-refractivity contribution is 7.14. The van der Waals surface area contributed by atoms with E-state index in [4.69, 9.17) is 4.74 Å². The maximum Gasteiger partial charge on any atom is 0.262 e. The second-order valence-corrected chi connectivity index (χ2v) is 15.3. The molecule has 2 aromatic heterocycles. The van der Waals surface area contributed by atoms with Gasteiger partial charge in [0.1, 0.15) is 11.8 Å². The van der Waals surface area contributed by atoms with Crippen LogP contribution in [0.3, 0.4) is 0 Å². The lowest BCUT2D eigenvalue weighted by Gasteiger charge is -2.26. The molecule has 274 valence electrons. The standard InChI is InChI=1S/C40H53N5O5S/c1-7-8-9-10-11-22-50-31-18-16-28(17-19-31)30-24-41-36(42-25-30)29-14-12-27(13-15-29)23-32(37(46)44-33(39(48)49)26-45(5)6)43-38(47)34-20-21-35(51-34)40(2,3)4/h12-21,24-25,32-33,39,48-49H,7-11,22-23,26H2,1-6H3,(H,43,47)(H,44,46)/t32-,33?/m0/s1. The molecule has 10 nitrogen and oxygen atoms in total. The van der Waals surface area contributed by atoms with Gasteiger partial charge in [0.2, 0.25) is 5.91 Å². The minimum atomic E-state index is -1.77. The van der Waals surface area contributed by atoms with Gasteiger partial charge in [0.15, 0.2) is 12.1 Å². The molecule has 0 aliphatic carbocycles. The summed E-state index contributed by atoms with van der Waals surface area (Å²) >= 11 is 1.39. The summed E-state index contributed by atoms with van der Waals surface area (Å²) in [6, 6.07) is 17.3. The number of aromatic nitrogens is 2. The summed E-state index contributed by atoms with van der Waals surface area (Å²) in [5.41, 5.74) is 3.38. The Kier molecular flexibility index (Phi) is 14.7. The van der Waals surface area contributed by atoms with E-state index in [9.17, 15) is 19.8 Å². The Labute approximate surface area is 306 Å². The number of ether oxygens (including phenoxy) is 1. The van der Waals surface area contributed by atoms with Crippen LogP contribution in [0.5, 0.6) is 5.75 Å². The van der Waals surface area contributed by atoms with Crippen molar-refractivity contribution in [2.45, 2.75) is 90.0 Å². The van der Waals surface area contributed by atoms with E-state index < -0.39 is 24.3 Å². The van der Waals surface area contributed by atoms with Gasteiger partial charge in [0, 0.05) is 41.4 Å². The van der Waals surface area contributed by atoms with Crippen molar-refractivity contribution in [2.75, 3.05) is 27.2 Å². The van der Waals surface area contributed by atoms with Crippen molar-refractivity contribution < 1.29 is 24.5 Å². The normalized spacial score (nSPS) is 12.9. The summed E-state index contributed by atoms with van der Waals surface area (Å²) in [5, 5.41) is 25.4. The molecule has 0 saturated carbocycles. The highest BCUT2D eigenvalue weighted by atomic mass is 32.1. The molecule has 51 heavy (non-hydrogen) atoms. The number of aliphatic hydroxyl groups is 2. The maximum absolute atomic E-state index is 13.5. The molecule has 2 heterocycles. The Morgan fingerprint density at radius 2 is 1.49 bits per heavy atom. The number of thiophene rings is 1. The monoisotopic (exact) mass is 715 g/mol. The number of amides is 2. The Morgan fingerprint density at radius 3 is 2.08 bits per heavy atom. The molecule has 0 spiro atoms. The van der Waals surface area contributed by atoms with Crippen LogP contribution in [0.25, 0.3) is 22.5 Å². The van der Waals surface area contributed by atoms with Crippen LogP contribution in [0, 0.1) is 0 Å². The third kappa shape index (κ3) is 12.2. The highest BCUT2D eigenvalue weighted by Gasteiger charge is 2.28. The van der Waals surface area contributed by atoms with Crippen molar-refractivity contribution in [1.82, 2.24) is 25.5 Å². The van der Waals surface area contributed by atoms with Crippen LogP contribution >= 0.6 is 11.3 Å². The van der Waals surface area contributed by atoms with Gasteiger partial charge in [-0.25, -0.2) is 9.97 Å². The molecule has 0 aliphatic rings. The zero-order chi connectivity index (χ0) is 37.0. The number of aliphatic hydroxyl groups excluding tert-OH is 1. The summed E-state index contributed by atoms with van der Waals surface area (Å²) in [5.74, 6) is 0.536. The number of likely N-dealkylation sites (N-methyl/N-ethyl adjacent to an activating group) is 1. The lowest BCUT2D eigenvalue weighted by Crippen LogP contribution is -2.55. The van der Waals surface area contributed by atoms with E-state index in [1.54, 1.807) is 37.5 Å². The molecule has 11 heteroatoms. The van der Waals surface area contributed by atoms with Crippen molar-refractivity contribution in [1.29, 1.82) is 0 Å². The molecular weight excluding hydrogens is 663 g/mol.